The highest BCUT2D eigenvalue weighted by molar-refractivity contribution is 5.51. The topological polar surface area (TPSA) is 35.5 Å². The molecule has 96 valence electrons. The third kappa shape index (κ3) is 7.83. The summed E-state index contributed by atoms with van der Waals surface area (Å²) in [6.07, 6.45) is 3.21. The van der Waals surface area contributed by atoms with Gasteiger partial charge in [-0.05, 0) is 40.5 Å². The second-order valence-corrected chi connectivity index (χ2v) is 5.34. The van der Waals surface area contributed by atoms with Crippen LogP contribution in [0.25, 0.3) is 0 Å². The summed E-state index contributed by atoms with van der Waals surface area (Å²) in [6.45, 7) is 11.5. The average Bonchev–Trinajstić information content (AvgIpc) is 2.14. The predicted octanol–water partition coefficient (Wildman–Crippen LogP) is 2.97. The minimum Gasteiger partial charge on any atom is -0.375 e. The van der Waals surface area contributed by atoms with Crippen LogP contribution in [0.3, 0.4) is 0 Å². The molecule has 3 heteroatoms. The maximum atomic E-state index is 10.4. The molecule has 0 aromatic rings. The van der Waals surface area contributed by atoms with Crippen molar-refractivity contribution in [1.29, 1.82) is 0 Å². The molecular formula is C13H26O3. The minimum atomic E-state index is -0.359. The molecule has 0 aliphatic heterocycles. The standard InChI is InChI=1S/C13H26O3/c1-6-10-15-13(4,5)8-11-16-12(2,3)7-9-14/h9H,6-8,10-11H2,1-5H3. The molecule has 0 aliphatic carbocycles. The van der Waals surface area contributed by atoms with E-state index in [1.807, 2.05) is 13.8 Å². The molecule has 0 saturated carbocycles. The molecule has 0 fully saturated rings. The van der Waals surface area contributed by atoms with Crippen molar-refractivity contribution in [2.45, 2.75) is 65.1 Å². The zero-order valence-electron chi connectivity index (χ0n) is 11.3. The largest absolute Gasteiger partial charge is 0.375 e. The fourth-order valence-corrected chi connectivity index (χ4v) is 1.28. The van der Waals surface area contributed by atoms with E-state index in [2.05, 4.69) is 20.8 Å². The van der Waals surface area contributed by atoms with Crippen LogP contribution in [-0.4, -0.2) is 30.7 Å². The van der Waals surface area contributed by atoms with Crippen LogP contribution in [0.15, 0.2) is 0 Å². The van der Waals surface area contributed by atoms with Crippen LogP contribution in [-0.2, 0) is 14.3 Å². The molecule has 0 aromatic carbocycles. The fraction of sp³-hybridized carbons (Fsp3) is 0.923. The van der Waals surface area contributed by atoms with Crippen LogP contribution >= 0.6 is 0 Å². The zero-order valence-corrected chi connectivity index (χ0v) is 11.3. The molecule has 0 radical (unpaired) electrons. The first-order valence-corrected chi connectivity index (χ1v) is 6.04. The predicted molar refractivity (Wildman–Crippen MR) is 65.7 cm³/mol. The molecule has 0 unspecified atom stereocenters. The Kier molecular flexibility index (Phi) is 6.84. The summed E-state index contributed by atoms with van der Waals surface area (Å²) in [5.41, 5.74) is -0.504. The highest BCUT2D eigenvalue weighted by atomic mass is 16.5. The second-order valence-electron chi connectivity index (χ2n) is 5.34. The van der Waals surface area contributed by atoms with E-state index in [0.717, 1.165) is 25.7 Å². The summed E-state index contributed by atoms with van der Waals surface area (Å²) in [4.78, 5) is 10.4. The molecule has 0 bridgehead atoms. The van der Waals surface area contributed by atoms with E-state index in [0.29, 0.717) is 13.0 Å². The first-order valence-electron chi connectivity index (χ1n) is 6.04. The number of carbonyl (C=O) groups is 1. The van der Waals surface area contributed by atoms with Gasteiger partial charge < -0.3 is 14.3 Å². The Bertz CT molecular complexity index is 197. The Balaban J connectivity index is 3.83. The summed E-state index contributed by atoms with van der Waals surface area (Å²) in [7, 11) is 0. The molecule has 3 nitrogen and oxygen atoms in total. The summed E-state index contributed by atoms with van der Waals surface area (Å²) in [6, 6.07) is 0. The van der Waals surface area contributed by atoms with Gasteiger partial charge in [0, 0.05) is 13.0 Å². The zero-order chi connectivity index (χ0) is 12.7. The van der Waals surface area contributed by atoms with Gasteiger partial charge in [0.1, 0.15) is 6.29 Å². The molecule has 0 aliphatic rings. The number of aldehydes is 1. The van der Waals surface area contributed by atoms with Crippen molar-refractivity contribution in [3.8, 4) is 0 Å². The highest BCUT2D eigenvalue weighted by Gasteiger charge is 2.22. The molecule has 0 N–H and O–H groups in total. The van der Waals surface area contributed by atoms with Crippen molar-refractivity contribution in [2.75, 3.05) is 13.2 Å². The van der Waals surface area contributed by atoms with Crippen LogP contribution in [0.5, 0.6) is 0 Å². The number of carbonyl (C=O) groups excluding carboxylic acids is 1. The summed E-state index contributed by atoms with van der Waals surface area (Å²) in [5.74, 6) is 0. The molecule has 0 amide bonds. The fourth-order valence-electron chi connectivity index (χ4n) is 1.28. The molecule has 0 atom stereocenters. The SMILES string of the molecule is CCCOC(C)(C)CCOC(C)(C)CC=O. The van der Waals surface area contributed by atoms with Crippen LogP contribution in [0.4, 0.5) is 0 Å². The molecule has 0 heterocycles. The lowest BCUT2D eigenvalue weighted by atomic mass is 10.0. The van der Waals surface area contributed by atoms with Crippen molar-refractivity contribution in [3.63, 3.8) is 0 Å². The normalized spacial score (nSPS) is 12.8. The first kappa shape index (κ1) is 15.6. The summed E-state index contributed by atoms with van der Waals surface area (Å²) >= 11 is 0. The summed E-state index contributed by atoms with van der Waals surface area (Å²) < 4.78 is 11.4. The Morgan fingerprint density at radius 2 is 1.56 bits per heavy atom. The Labute approximate surface area is 99.5 Å². The van der Waals surface area contributed by atoms with Crippen molar-refractivity contribution >= 4 is 6.29 Å². The average molecular weight is 230 g/mol. The maximum absolute atomic E-state index is 10.4. The lowest BCUT2D eigenvalue weighted by Gasteiger charge is -2.28. The van der Waals surface area contributed by atoms with Crippen molar-refractivity contribution < 1.29 is 14.3 Å². The number of hydrogen-bond donors (Lipinski definition) is 0. The third-order valence-corrected chi connectivity index (χ3v) is 2.47. The second kappa shape index (κ2) is 7.02. The quantitative estimate of drug-likeness (QED) is 0.571. The minimum absolute atomic E-state index is 0.146. The van der Waals surface area contributed by atoms with Gasteiger partial charge in [-0.15, -0.1) is 0 Å². The first-order chi connectivity index (χ1) is 7.33. The molecule has 0 rings (SSSR count). The van der Waals surface area contributed by atoms with Gasteiger partial charge in [-0.2, -0.15) is 0 Å². The monoisotopic (exact) mass is 230 g/mol. The van der Waals surface area contributed by atoms with E-state index < -0.39 is 0 Å². The highest BCUT2D eigenvalue weighted by Crippen LogP contribution is 2.18. The molecule has 0 saturated heterocycles. The van der Waals surface area contributed by atoms with Crippen LogP contribution in [0.2, 0.25) is 0 Å². The Morgan fingerprint density at radius 3 is 2.06 bits per heavy atom. The van der Waals surface area contributed by atoms with Crippen LogP contribution in [0, 0.1) is 0 Å². The van der Waals surface area contributed by atoms with Crippen LogP contribution in [0.1, 0.15) is 53.9 Å². The van der Waals surface area contributed by atoms with E-state index >= 15 is 0 Å². The third-order valence-electron chi connectivity index (χ3n) is 2.47. The molecular weight excluding hydrogens is 204 g/mol. The van der Waals surface area contributed by atoms with Gasteiger partial charge in [0.05, 0.1) is 17.8 Å². The van der Waals surface area contributed by atoms with E-state index in [9.17, 15) is 4.79 Å². The molecule has 16 heavy (non-hydrogen) atoms. The van der Waals surface area contributed by atoms with E-state index in [1.165, 1.54) is 0 Å². The smallest absolute Gasteiger partial charge is 0.122 e. The molecule has 0 aromatic heterocycles. The maximum Gasteiger partial charge on any atom is 0.122 e. The van der Waals surface area contributed by atoms with E-state index in [1.54, 1.807) is 0 Å². The number of ether oxygens (including phenoxy) is 2. The van der Waals surface area contributed by atoms with Crippen molar-refractivity contribution in [1.82, 2.24) is 0 Å². The summed E-state index contributed by atoms with van der Waals surface area (Å²) in [5, 5.41) is 0. The van der Waals surface area contributed by atoms with Gasteiger partial charge in [-0.25, -0.2) is 0 Å². The van der Waals surface area contributed by atoms with Gasteiger partial charge in [-0.3, -0.25) is 0 Å². The lowest BCUT2D eigenvalue weighted by Crippen LogP contribution is -2.31. The lowest BCUT2D eigenvalue weighted by molar-refractivity contribution is -0.115. The van der Waals surface area contributed by atoms with Gasteiger partial charge in [0.25, 0.3) is 0 Å². The molecule has 0 spiro atoms. The Hall–Kier alpha value is -0.410. The Morgan fingerprint density at radius 1 is 1.00 bits per heavy atom. The van der Waals surface area contributed by atoms with Gasteiger partial charge in [-0.1, -0.05) is 6.92 Å². The van der Waals surface area contributed by atoms with E-state index in [-0.39, 0.29) is 11.2 Å². The van der Waals surface area contributed by atoms with Gasteiger partial charge in [0.2, 0.25) is 0 Å². The number of hydrogen-bond acceptors (Lipinski definition) is 3. The van der Waals surface area contributed by atoms with Gasteiger partial charge >= 0.3 is 0 Å². The van der Waals surface area contributed by atoms with Crippen molar-refractivity contribution in [3.05, 3.63) is 0 Å². The van der Waals surface area contributed by atoms with E-state index in [4.69, 9.17) is 9.47 Å². The van der Waals surface area contributed by atoms with Crippen molar-refractivity contribution in [2.24, 2.45) is 0 Å². The van der Waals surface area contributed by atoms with Gasteiger partial charge in [0.15, 0.2) is 0 Å². The number of rotatable bonds is 9. The van der Waals surface area contributed by atoms with Crippen LogP contribution < -0.4 is 0 Å².